The van der Waals surface area contributed by atoms with Crippen molar-refractivity contribution in [3.8, 4) is 11.5 Å². The van der Waals surface area contributed by atoms with Gasteiger partial charge < -0.3 is 19.5 Å². The summed E-state index contributed by atoms with van der Waals surface area (Å²) in [5, 5.41) is 7.08. The van der Waals surface area contributed by atoms with Gasteiger partial charge in [0.05, 0.1) is 17.7 Å². The highest BCUT2D eigenvalue weighted by Crippen LogP contribution is 2.29. The number of carbonyl (C=O) groups is 2. The number of halogens is 1. The van der Waals surface area contributed by atoms with Gasteiger partial charge in [-0.05, 0) is 43.2 Å². The second-order valence-corrected chi connectivity index (χ2v) is 7.46. The van der Waals surface area contributed by atoms with Crippen LogP contribution in [-0.2, 0) is 4.74 Å². The third-order valence-corrected chi connectivity index (χ3v) is 5.42. The lowest BCUT2D eigenvalue weighted by atomic mass is 9.97. The van der Waals surface area contributed by atoms with Crippen LogP contribution in [-0.4, -0.2) is 52.2 Å². The number of esters is 1. The van der Waals surface area contributed by atoms with Crippen LogP contribution in [0.4, 0.5) is 10.5 Å². The van der Waals surface area contributed by atoms with Crippen LogP contribution in [0.25, 0.3) is 11.5 Å². The number of urea groups is 1. The van der Waals surface area contributed by atoms with Crippen molar-refractivity contribution in [3.63, 3.8) is 0 Å². The summed E-state index contributed by atoms with van der Waals surface area (Å²) >= 11 is 6.02. The van der Waals surface area contributed by atoms with Crippen LogP contribution < -0.4 is 5.32 Å². The van der Waals surface area contributed by atoms with Crippen molar-refractivity contribution in [2.24, 2.45) is 0 Å². The van der Waals surface area contributed by atoms with E-state index in [1.807, 2.05) is 18.2 Å². The number of ether oxygens (including phenoxy) is 1. The summed E-state index contributed by atoms with van der Waals surface area (Å²) in [5.74, 6) is 0.531. The van der Waals surface area contributed by atoms with E-state index >= 15 is 0 Å². The molecule has 10 heteroatoms. The Morgan fingerprint density at radius 3 is 2.74 bits per heavy atom. The van der Waals surface area contributed by atoms with Gasteiger partial charge in [0, 0.05) is 30.9 Å². The van der Waals surface area contributed by atoms with E-state index in [1.165, 1.54) is 13.2 Å². The van der Waals surface area contributed by atoms with Gasteiger partial charge in [0.2, 0.25) is 11.7 Å². The van der Waals surface area contributed by atoms with Crippen LogP contribution in [0.15, 0.2) is 47.1 Å². The van der Waals surface area contributed by atoms with Gasteiger partial charge in [0.15, 0.2) is 0 Å². The summed E-state index contributed by atoms with van der Waals surface area (Å²) in [6.45, 7) is 1.07. The van der Waals surface area contributed by atoms with Gasteiger partial charge in [-0.15, -0.1) is 0 Å². The highest BCUT2D eigenvalue weighted by molar-refractivity contribution is 6.33. The standard InChI is InChI=1S/C21H20ClN5O4/c1-30-20(28)15-12-14(5-6-16(15)22)24-21(29)27-10-7-13(8-11-27)19-25-18(26-31-19)17-4-2-3-9-23-17/h2-6,9,12-13H,7-8,10-11H2,1H3,(H,24,29). The lowest BCUT2D eigenvalue weighted by molar-refractivity contribution is 0.0601. The molecule has 1 aliphatic rings. The van der Waals surface area contributed by atoms with Crippen LogP contribution in [0.5, 0.6) is 0 Å². The molecule has 3 aromatic rings. The van der Waals surface area contributed by atoms with E-state index in [-0.39, 0.29) is 22.5 Å². The predicted molar refractivity (Wildman–Crippen MR) is 113 cm³/mol. The van der Waals surface area contributed by atoms with E-state index in [1.54, 1.807) is 23.2 Å². The van der Waals surface area contributed by atoms with Crippen molar-refractivity contribution in [2.75, 3.05) is 25.5 Å². The molecule has 0 aliphatic carbocycles. The molecule has 1 fully saturated rings. The molecule has 4 rings (SSSR count). The molecule has 2 amide bonds. The number of nitrogens with one attached hydrogen (secondary N) is 1. The maximum Gasteiger partial charge on any atom is 0.339 e. The number of benzene rings is 1. The van der Waals surface area contributed by atoms with Crippen molar-refractivity contribution < 1.29 is 18.8 Å². The lowest BCUT2D eigenvalue weighted by Crippen LogP contribution is -2.40. The van der Waals surface area contributed by atoms with Crippen LogP contribution in [0.1, 0.15) is 35.0 Å². The first-order valence-electron chi connectivity index (χ1n) is 9.74. The number of methoxy groups -OCH3 is 1. The third kappa shape index (κ3) is 4.66. The summed E-state index contributed by atoms with van der Waals surface area (Å²) < 4.78 is 10.1. The van der Waals surface area contributed by atoms with Crippen molar-refractivity contribution in [1.29, 1.82) is 0 Å². The van der Waals surface area contributed by atoms with Crippen LogP contribution in [0.2, 0.25) is 5.02 Å². The molecule has 0 bridgehead atoms. The van der Waals surface area contributed by atoms with E-state index in [2.05, 4.69) is 20.4 Å². The van der Waals surface area contributed by atoms with Gasteiger partial charge in [0.25, 0.3) is 0 Å². The van der Waals surface area contributed by atoms with Gasteiger partial charge in [-0.25, -0.2) is 9.59 Å². The fraction of sp³-hybridized carbons (Fsp3) is 0.286. The normalized spacial score (nSPS) is 14.3. The van der Waals surface area contributed by atoms with E-state index in [4.69, 9.17) is 20.9 Å². The second kappa shape index (κ2) is 9.13. The molecule has 0 atom stereocenters. The van der Waals surface area contributed by atoms with Crippen molar-refractivity contribution >= 4 is 29.3 Å². The van der Waals surface area contributed by atoms with Gasteiger partial charge in [-0.1, -0.05) is 22.8 Å². The Morgan fingerprint density at radius 2 is 2.03 bits per heavy atom. The minimum Gasteiger partial charge on any atom is -0.465 e. The molecule has 0 spiro atoms. The number of anilines is 1. The zero-order valence-corrected chi connectivity index (χ0v) is 17.5. The zero-order chi connectivity index (χ0) is 21.8. The summed E-state index contributed by atoms with van der Waals surface area (Å²) in [5.41, 5.74) is 1.32. The molecule has 3 heterocycles. The second-order valence-electron chi connectivity index (χ2n) is 7.05. The van der Waals surface area contributed by atoms with E-state index in [0.29, 0.717) is 49.0 Å². The minimum atomic E-state index is -0.563. The zero-order valence-electron chi connectivity index (χ0n) is 16.7. The molecule has 1 aromatic carbocycles. The number of hydrogen-bond acceptors (Lipinski definition) is 7. The average Bonchev–Trinajstić information content (AvgIpc) is 3.31. The Balaban J connectivity index is 1.35. The summed E-state index contributed by atoms with van der Waals surface area (Å²) in [7, 11) is 1.27. The first-order valence-corrected chi connectivity index (χ1v) is 10.1. The minimum absolute atomic E-state index is 0.0791. The number of aromatic nitrogens is 3. The number of amides is 2. The SMILES string of the molecule is COC(=O)c1cc(NC(=O)N2CCC(c3nc(-c4ccccn4)no3)CC2)ccc1Cl. The fourth-order valence-corrected chi connectivity index (χ4v) is 3.60. The molecule has 0 saturated carbocycles. The van der Waals surface area contributed by atoms with E-state index < -0.39 is 5.97 Å². The highest BCUT2D eigenvalue weighted by atomic mass is 35.5. The number of likely N-dealkylation sites (tertiary alicyclic amines) is 1. The molecule has 0 radical (unpaired) electrons. The van der Waals surface area contributed by atoms with Crippen LogP contribution in [0, 0.1) is 0 Å². The fourth-order valence-electron chi connectivity index (χ4n) is 3.40. The Morgan fingerprint density at radius 1 is 1.23 bits per heavy atom. The summed E-state index contributed by atoms with van der Waals surface area (Å²) in [4.78, 5) is 34.8. The number of carbonyl (C=O) groups excluding carboxylic acids is 2. The monoisotopic (exact) mass is 441 g/mol. The smallest absolute Gasteiger partial charge is 0.339 e. The topological polar surface area (TPSA) is 110 Å². The van der Waals surface area contributed by atoms with Gasteiger partial charge in [0.1, 0.15) is 5.69 Å². The molecule has 160 valence electrons. The van der Waals surface area contributed by atoms with Gasteiger partial charge in [-0.2, -0.15) is 4.98 Å². The molecule has 31 heavy (non-hydrogen) atoms. The predicted octanol–water partition coefficient (Wildman–Crippen LogP) is 3.98. The molecular formula is C21H20ClN5O4. The number of pyridine rings is 1. The Hall–Kier alpha value is -3.46. The van der Waals surface area contributed by atoms with E-state index in [9.17, 15) is 9.59 Å². The molecule has 1 N–H and O–H groups in total. The molecule has 1 saturated heterocycles. The maximum absolute atomic E-state index is 12.6. The number of hydrogen-bond donors (Lipinski definition) is 1. The first kappa shape index (κ1) is 20.8. The molecule has 0 unspecified atom stereocenters. The highest BCUT2D eigenvalue weighted by Gasteiger charge is 2.28. The Kier molecular flexibility index (Phi) is 6.13. The Bertz CT molecular complexity index is 1080. The first-order chi connectivity index (χ1) is 15.0. The quantitative estimate of drug-likeness (QED) is 0.609. The molecular weight excluding hydrogens is 422 g/mol. The van der Waals surface area contributed by atoms with Crippen LogP contribution >= 0.6 is 11.6 Å². The van der Waals surface area contributed by atoms with Gasteiger partial charge >= 0.3 is 12.0 Å². The van der Waals surface area contributed by atoms with E-state index in [0.717, 1.165) is 0 Å². The van der Waals surface area contributed by atoms with Crippen molar-refractivity contribution in [1.82, 2.24) is 20.0 Å². The third-order valence-electron chi connectivity index (χ3n) is 5.09. The summed E-state index contributed by atoms with van der Waals surface area (Å²) in [6.07, 6.45) is 3.08. The maximum atomic E-state index is 12.6. The molecule has 2 aromatic heterocycles. The van der Waals surface area contributed by atoms with Crippen LogP contribution in [0.3, 0.4) is 0 Å². The lowest BCUT2D eigenvalue weighted by Gasteiger charge is -2.30. The van der Waals surface area contributed by atoms with Crippen molar-refractivity contribution in [3.05, 3.63) is 59.1 Å². The molecule has 1 aliphatic heterocycles. The number of piperidine rings is 1. The largest absolute Gasteiger partial charge is 0.465 e. The molecule has 9 nitrogen and oxygen atoms in total. The Labute approximate surface area is 183 Å². The number of rotatable bonds is 4. The number of nitrogens with zero attached hydrogens (tertiary/aromatic N) is 4. The average molecular weight is 442 g/mol. The van der Waals surface area contributed by atoms with Crippen molar-refractivity contribution in [2.45, 2.75) is 18.8 Å². The summed E-state index contributed by atoms with van der Waals surface area (Å²) in [6, 6.07) is 9.94. The van der Waals surface area contributed by atoms with Gasteiger partial charge in [-0.3, -0.25) is 4.98 Å².